The molecule has 0 unspecified atom stereocenters. The molecule has 1 aliphatic heterocycles. The van der Waals surface area contributed by atoms with Gasteiger partial charge in [-0.3, -0.25) is 0 Å². The minimum Gasteiger partial charge on any atom is -0.333 e. The average molecular weight is 279 g/mol. The first-order valence-electron chi connectivity index (χ1n) is 6.73. The van der Waals surface area contributed by atoms with Crippen molar-refractivity contribution in [1.29, 1.82) is 0 Å². The summed E-state index contributed by atoms with van der Waals surface area (Å²) in [4.78, 5) is 6.00. The molecule has 0 amide bonds. The Kier molecular flexibility index (Phi) is 3.80. The second kappa shape index (κ2) is 5.72. The second-order valence-corrected chi connectivity index (χ2v) is 5.44. The van der Waals surface area contributed by atoms with Gasteiger partial charge in [0.25, 0.3) is 5.89 Å². The molecule has 0 atom stereocenters. The molecule has 5 heteroatoms. The van der Waals surface area contributed by atoms with Crippen molar-refractivity contribution in [2.75, 3.05) is 13.1 Å². The molecule has 1 aromatic heterocycles. The highest BCUT2D eigenvalue weighted by atomic mass is 35.5. The Balaban J connectivity index is 1.70. The maximum Gasteiger partial charge on any atom is 0.282 e. The molecule has 4 nitrogen and oxygen atoms in total. The van der Waals surface area contributed by atoms with E-state index < -0.39 is 0 Å². The van der Waals surface area contributed by atoms with Gasteiger partial charge in [-0.1, -0.05) is 16.8 Å². The van der Waals surface area contributed by atoms with Gasteiger partial charge in [0.15, 0.2) is 6.54 Å². The third-order valence-corrected chi connectivity index (χ3v) is 3.78. The molecular formula is C14H17ClN3O+. The van der Waals surface area contributed by atoms with Crippen molar-refractivity contribution < 1.29 is 9.42 Å². The van der Waals surface area contributed by atoms with Gasteiger partial charge in [0, 0.05) is 10.6 Å². The van der Waals surface area contributed by atoms with Crippen LogP contribution in [0.1, 0.15) is 25.2 Å². The quantitative estimate of drug-likeness (QED) is 0.933. The largest absolute Gasteiger partial charge is 0.333 e. The fourth-order valence-corrected chi connectivity index (χ4v) is 2.61. The number of piperidine rings is 1. The highest BCUT2D eigenvalue weighted by Gasteiger charge is 2.18. The lowest BCUT2D eigenvalue weighted by atomic mass is 10.1. The number of hydrogen-bond donors (Lipinski definition) is 1. The predicted molar refractivity (Wildman–Crippen MR) is 73.0 cm³/mol. The lowest BCUT2D eigenvalue weighted by Gasteiger charge is -2.21. The molecule has 0 radical (unpaired) electrons. The van der Waals surface area contributed by atoms with Crippen LogP contribution in [-0.2, 0) is 6.54 Å². The topological polar surface area (TPSA) is 43.4 Å². The summed E-state index contributed by atoms with van der Waals surface area (Å²) in [6.45, 7) is 3.25. The van der Waals surface area contributed by atoms with Crippen LogP contribution in [0, 0.1) is 0 Å². The Labute approximate surface area is 117 Å². The van der Waals surface area contributed by atoms with Crippen molar-refractivity contribution >= 4 is 11.6 Å². The Bertz CT molecular complexity index is 532. The smallest absolute Gasteiger partial charge is 0.282 e. The molecule has 19 heavy (non-hydrogen) atoms. The predicted octanol–water partition coefficient (Wildman–Crippen LogP) is 1.96. The van der Waals surface area contributed by atoms with E-state index in [1.165, 1.54) is 37.3 Å². The van der Waals surface area contributed by atoms with Crippen LogP contribution in [0.15, 0.2) is 28.8 Å². The maximum absolute atomic E-state index is 5.87. The summed E-state index contributed by atoms with van der Waals surface area (Å²) in [5.74, 6) is 1.37. The first-order valence-corrected chi connectivity index (χ1v) is 7.11. The number of benzene rings is 1. The van der Waals surface area contributed by atoms with Crippen molar-refractivity contribution in [3.05, 3.63) is 35.2 Å². The van der Waals surface area contributed by atoms with Crippen LogP contribution in [0.5, 0.6) is 0 Å². The van der Waals surface area contributed by atoms with Crippen LogP contribution in [0.25, 0.3) is 11.4 Å². The van der Waals surface area contributed by atoms with Crippen LogP contribution < -0.4 is 4.90 Å². The van der Waals surface area contributed by atoms with Gasteiger partial charge in [0.1, 0.15) is 0 Å². The van der Waals surface area contributed by atoms with E-state index >= 15 is 0 Å². The molecule has 1 aliphatic rings. The first kappa shape index (κ1) is 12.6. The van der Waals surface area contributed by atoms with Crippen molar-refractivity contribution in [1.82, 2.24) is 10.1 Å². The molecule has 0 bridgehead atoms. The lowest BCUT2D eigenvalue weighted by Crippen LogP contribution is -3.11. The number of hydrogen-bond acceptors (Lipinski definition) is 3. The molecule has 100 valence electrons. The van der Waals surface area contributed by atoms with Crippen LogP contribution in [0.2, 0.25) is 5.02 Å². The third kappa shape index (κ3) is 3.14. The Morgan fingerprint density at radius 3 is 2.58 bits per heavy atom. The van der Waals surface area contributed by atoms with Crippen LogP contribution in [0.4, 0.5) is 0 Å². The first-order chi connectivity index (χ1) is 9.31. The summed E-state index contributed by atoms with van der Waals surface area (Å²) in [6, 6.07) is 7.49. The van der Waals surface area contributed by atoms with Crippen LogP contribution in [0.3, 0.4) is 0 Å². The zero-order chi connectivity index (χ0) is 13.1. The normalized spacial score (nSPS) is 16.7. The highest BCUT2D eigenvalue weighted by Crippen LogP contribution is 2.18. The zero-order valence-electron chi connectivity index (χ0n) is 10.7. The molecule has 2 aromatic rings. The highest BCUT2D eigenvalue weighted by molar-refractivity contribution is 6.30. The molecule has 1 fully saturated rings. The van der Waals surface area contributed by atoms with Gasteiger partial charge >= 0.3 is 0 Å². The van der Waals surface area contributed by atoms with Gasteiger partial charge in [-0.15, -0.1) is 0 Å². The molecular weight excluding hydrogens is 262 g/mol. The van der Waals surface area contributed by atoms with Crippen LogP contribution >= 0.6 is 11.6 Å². The van der Waals surface area contributed by atoms with E-state index in [1.54, 1.807) is 0 Å². The van der Waals surface area contributed by atoms with E-state index in [2.05, 4.69) is 10.1 Å². The number of quaternary nitrogens is 1. The second-order valence-electron chi connectivity index (χ2n) is 5.01. The molecule has 2 heterocycles. The van der Waals surface area contributed by atoms with E-state index in [0.29, 0.717) is 10.8 Å². The fourth-order valence-electron chi connectivity index (χ4n) is 2.49. The van der Waals surface area contributed by atoms with Gasteiger partial charge in [-0.25, -0.2) is 0 Å². The van der Waals surface area contributed by atoms with Gasteiger partial charge in [0.2, 0.25) is 5.82 Å². The molecule has 1 N–H and O–H groups in total. The van der Waals surface area contributed by atoms with Crippen molar-refractivity contribution in [2.24, 2.45) is 0 Å². The molecule has 1 aromatic carbocycles. The van der Waals surface area contributed by atoms with Crippen molar-refractivity contribution in [2.45, 2.75) is 25.8 Å². The summed E-state index contributed by atoms with van der Waals surface area (Å²) >= 11 is 5.87. The van der Waals surface area contributed by atoms with E-state index in [9.17, 15) is 0 Å². The number of aromatic nitrogens is 2. The standard InChI is InChI=1S/C14H16ClN3O/c15-12-6-4-11(5-7-12)14-16-13(19-17-14)10-18-8-2-1-3-9-18/h4-7H,1-3,8-10H2/p+1. The van der Waals surface area contributed by atoms with Crippen molar-refractivity contribution in [3.63, 3.8) is 0 Å². The lowest BCUT2D eigenvalue weighted by molar-refractivity contribution is -0.919. The average Bonchev–Trinajstić information content (AvgIpc) is 2.89. The molecule has 0 saturated carbocycles. The zero-order valence-corrected chi connectivity index (χ0v) is 11.5. The SMILES string of the molecule is Clc1ccc(-c2noc(C[NH+]3CCCCC3)n2)cc1. The number of likely N-dealkylation sites (tertiary alicyclic amines) is 1. The molecule has 0 aliphatic carbocycles. The van der Waals surface area contributed by atoms with Gasteiger partial charge in [0.05, 0.1) is 13.1 Å². The maximum atomic E-state index is 5.87. The summed E-state index contributed by atoms with van der Waals surface area (Å²) < 4.78 is 5.34. The monoisotopic (exact) mass is 278 g/mol. The summed E-state index contributed by atoms with van der Waals surface area (Å²) in [5, 5.41) is 4.75. The van der Waals surface area contributed by atoms with E-state index in [0.717, 1.165) is 18.0 Å². The molecule has 3 rings (SSSR count). The number of halogens is 1. The minimum atomic E-state index is 0.642. The summed E-state index contributed by atoms with van der Waals surface area (Å²) in [6.07, 6.45) is 3.95. The fraction of sp³-hybridized carbons (Fsp3) is 0.429. The Hall–Kier alpha value is -1.39. The minimum absolute atomic E-state index is 0.642. The van der Waals surface area contributed by atoms with Gasteiger partial charge < -0.3 is 9.42 Å². The van der Waals surface area contributed by atoms with E-state index in [-0.39, 0.29) is 0 Å². The Morgan fingerprint density at radius 1 is 1.11 bits per heavy atom. The van der Waals surface area contributed by atoms with Gasteiger partial charge in [-0.2, -0.15) is 4.98 Å². The number of nitrogens with zero attached hydrogens (tertiary/aromatic N) is 2. The molecule has 0 spiro atoms. The Morgan fingerprint density at radius 2 is 1.84 bits per heavy atom. The summed E-state index contributed by atoms with van der Waals surface area (Å²) in [5.41, 5.74) is 0.938. The van der Waals surface area contributed by atoms with Crippen LogP contribution in [-0.4, -0.2) is 23.2 Å². The number of rotatable bonds is 3. The van der Waals surface area contributed by atoms with Gasteiger partial charge in [-0.05, 0) is 43.5 Å². The molecule has 1 saturated heterocycles. The third-order valence-electron chi connectivity index (χ3n) is 3.53. The number of nitrogens with one attached hydrogen (secondary N) is 1. The van der Waals surface area contributed by atoms with E-state index in [4.69, 9.17) is 16.1 Å². The van der Waals surface area contributed by atoms with E-state index in [1.807, 2.05) is 24.3 Å². The summed E-state index contributed by atoms with van der Waals surface area (Å²) in [7, 11) is 0. The van der Waals surface area contributed by atoms with Crippen molar-refractivity contribution in [3.8, 4) is 11.4 Å².